The summed E-state index contributed by atoms with van der Waals surface area (Å²) < 4.78 is 0. The molecule has 2 rings (SSSR count). The molecule has 5 nitrogen and oxygen atoms in total. The number of hydrogen-bond acceptors (Lipinski definition) is 4. The van der Waals surface area contributed by atoms with E-state index in [0.29, 0.717) is 0 Å². The molecule has 98 valence electrons. The van der Waals surface area contributed by atoms with Gasteiger partial charge < -0.3 is 15.3 Å². The predicted molar refractivity (Wildman–Crippen MR) is 66.9 cm³/mol. The average Bonchev–Trinajstić information content (AvgIpc) is 2.38. The summed E-state index contributed by atoms with van der Waals surface area (Å²) in [6, 6.07) is 5.81. The van der Waals surface area contributed by atoms with Gasteiger partial charge in [-0.15, -0.1) is 0 Å². The fraction of sp³-hybridized carbons (Fsp3) is 0.143. The largest absolute Gasteiger partial charge is 0.507 e. The van der Waals surface area contributed by atoms with Gasteiger partial charge in [0.1, 0.15) is 5.75 Å². The number of carbonyl (C=O) groups excluding carboxylic acids is 1. The minimum Gasteiger partial charge on any atom is -0.507 e. The summed E-state index contributed by atoms with van der Waals surface area (Å²) in [6.45, 7) is 0. The maximum Gasteiger partial charge on any atom is 0.331 e. The van der Waals surface area contributed by atoms with Crippen LogP contribution in [0.15, 0.2) is 48.1 Å². The van der Waals surface area contributed by atoms with Crippen molar-refractivity contribution in [2.75, 3.05) is 0 Å². The van der Waals surface area contributed by atoms with Crippen LogP contribution in [0.4, 0.5) is 0 Å². The first-order valence-corrected chi connectivity index (χ1v) is 5.61. The molecule has 0 heterocycles. The lowest BCUT2D eigenvalue weighted by Gasteiger charge is -2.25. The number of benzene rings is 1. The van der Waals surface area contributed by atoms with Crippen molar-refractivity contribution in [1.29, 1.82) is 0 Å². The highest BCUT2D eigenvalue weighted by atomic mass is 16.4. The molecule has 0 radical (unpaired) electrons. The number of carboxylic acid groups (broad SMARTS) is 1. The number of Topliss-reactive ketones (excluding diaryl/α,β-unsaturated/α-hetero) is 1. The number of hydrogen-bond donors (Lipinski definition) is 3. The van der Waals surface area contributed by atoms with Crippen LogP contribution in [0.1, 0.15) is 16.8 Å². The number of carbonyl (C=O) groups is 2. The molecule has 0 aromatic heterocycles. The van der Waals surface area contributed by atoms with Gasteiger partial charge in [-0.3, -0.25) is 4.79 Å². The molecule has 3 N–H and O–H groups in total. The van der Waals surface area contributed by atoms with E-state index < -0.39 is 17.4 Å². The van der Waals surface area contributed by atoms with Crippen molar-refractivity contribution < 1.29 is 24.9 Å². The summed E-state index contributed by atoms with van der Waals surface area (Å²) in [4.78, 5) is 23.1. The number of phenols is 1. The van der Waals surface area contributed by atoms with Gasteiger partial charge in [-0.25, -0.2) is 4.79 Å². The maximum atomic E-state index is 12.2. The second-order valence-electron chi connectivity index (χ2n) is 4.30. The van der Waals surface area contributed by atoms with Crippen LogP contribution in [-0.4, -0.2) is 32.7 Å². The zero-order chi connectivity index (χ0) is 14.0. The third-order valence-electron chi connectivity index (χ3n) is 2.95. The van der Waals surface area contributed by atoms with E-state index in [2.05, 4.69) is 0 Å². The van der Waals surface area contributed by atoms with Crippen LogP contribution < -0.4 is 0 Å². The van der Waals surface area contributed by atoms with Crippen LogP contribution in [0.5, 0.6) is 5.75 Å². The number of allylic oxidation sites excluding steroid dienone is 2. The molecule has 5 heteroatoms. The Balaban J connectivity index is 2.35. The van der Waals surface area contributed by atoms with Crippen molar-refractivity contribution in [1.82, 2.24) is 0 Å². The summed E-state index contributed by atoms with van der Waals surface area (Å²) in [5.41, 5.74) is -2.04. The lowest BCUT2D eigenvalue weighted by molar-refractivity contribution is -0.133. The molecular formula is C14H12O5. The SMILES string of the molecule is O=C(O)C1=CC=CC(O)(C(=O)c2ccccc2O)C1. The van der Waals surface area contributed by atoms with Crippen molar-refractivity contribution in [2.45, 2.75) is 12.0 Å². The standard InChI is InChI=1S/C14H12O5/c15-11-6-2-1-5-10(11)12(16)14(19)7-3-4-9(8-14)13(17)18/h1-7,15,19H,8H2,(H,17,18). The molecule has 1 aromatic rings. The van der Waals surface area contributed by atoms with Gasteiger partial charge in [0.15, 0.2) is 5.60 Å². The summed E-state index contributed by atoms with van der Waals surface area (Å²) in [7, 11) is 0. The number of aliphatic carboxylic acids is 1. The van der Waals surface area contributed by atoms with Gasteiger partial charge in [-0.2, -0.15) is 0 Å². The highest BCUT2D eigenvalue weighted by Crippen LogP contribution is 2.30. The van der Waals surface area contributed by atoms with Crippen molar-refractivity contribution in [3.63, 3.8) is 0 Å². The molecule has 0 fully saturated rings. The maximum absolute atomic E-state index is 12.2. The number of ketones is 1. The van der Waals surface area contributed by atoms with E-state index in [4.69, 9.17) is 5.11 Å². The lowest BCUT2D eigenvalue weighted by atomic mass is 9.83. The van der Waals surface area contributed by atoms with E-state index in [1.807, 2.05) is 0 Å². The molecule has 1 aromatic carbocycles. The van der Waals surface area contributed by atoms with Crippen LogP contribution in [-0.2, 0) is 4.79 Å². The smallest absolute Gasteiger partial charge is 0.331 e. The van der Waals surface area contributed by atoms with Gasteiger partial charge in [-0.1, -0.05) is 24.3 Å². The zero-order valence-corrected chi connectivity index (χ0v) is 9.91. The average molecular weight is 260 g/mol. The second-order valence-corrected chi connectivity index (χ2v) is 4.30. The minimum absolute atomic E-state index is 0.0405. The Kier molecular flexibility index (Phi) is 3.23. The number of aliphatic hydroxyl groups is 1. The van der Waals surface area contributed by atoms with Gasteiger partial charge in [0, 0.05) is 12.0 Å². The molecule has 0 spiro atoms. The quantitative estimate of drug-likeness (QED) is 0.711. The minimum atomic E-state index is -1.94. The van der Waals surface area contributed by atoms with Gasteiger partial charge in [0.2, 0.25) is 5.78 Å². The van der Waals surface area contributed by atoms with E-state index >= 15 is 0 Å². The normalized spacial score (nSPS) is 21.8. The zero-order valence-electron chi connectivity index (χ0n) is 9.91. The molecule has 0 aliphatic heterocycles. The van der Waals surface area contributed by atoms with Crippen LogP contribution in [0.25, 0.3) is 0 Å². The number of phenolic OH excluding ortho intramolecular Hbond substituents is 1. The topological polar surface area (TPSA) is 94.8 Å². The molecule has 0 saturated heterocycles. The fourth-order valence-corrected chi connectivity index (χ4v) is 1.93. The third kappa shape index (κ3) is 2.41. The lowest BCUT2D eigenvalue weighted by Crippen LogP contribution is -2.39. The molecule has 0 saturated carbocycles. The Hall–Kier alpha value is -2.40. The second kappa shape index (κ2) is 4.70. The number of rotatable bonds is 3. The highest BCUT2D eigenvalue weighted by molar-refractivity contribution is 6.07. The van der Waals surface area contributed by atoms with Crippen LogP contribution in [0, 0.1) is 0 Å². The molecule has 1 aliphatic rings. The Labute approximate surface area is 109 Å². The molecule has 0 bridgehead atoms. The van der Waals surface area contributed by atoms with Crippen molar-refractivity contribution in [3.05, 3.63) is 53.6 Å². The number of carboxylic acids is 1. The number of para-hydroxylation sites is 1. The summed E-state index contributed by atoms with van der Waals surface area (Å²) in [5, 5.41) is 28.8. The summed E-state index contributed by atoms with van der Waals surface area (Å²) in [6.07, 6.45) is 3.56. The van der Waals surface area contributed by atoms with Gasteiger partial charge in [0.25, 0.3) is 0 Å². The third-order valence-corrected chi connectivity index (χ3v) is 2.95. The summed E-state index contributed by atoms with van der Waals surface area (Å²) >= 11 is 0. The van der Waals surface area contributed by atoms with Gasteiger partial charge >= 0.3 is 5.97 Å². The first-order chi connectivity index (χ1) is 8.94. The summed E-state index contributed by atoms with van der Waals surface area (Å²) in [5.74, 6) is -2.16. The van der Waals surface area contributed by atoms with E-state index in [1.54, 1.807) is 12.1 Å². The fourth-order valence-electron chi connectivity index (χ4n) is 1.93. The Morgan fingerprint density at radius 3 is 2.53 bits per heavy atom. The first-order valence-electron chi connectivity index (χ1n) is 5.61. The Bertz CT molecular complexity index is 600. The van der Waals surface area contributed by atoms with E-state index in [1.165, 1.54) is 30.4 Å². The molecule has 1 atom stereocenters. The van der Waals surface area contributed by atoms with E-state index in [9.17, 15) is 19.8 Å². The Morgan fingerprint density at radius 1 is 1.21 bits per heavy atom. The first kappa shape index (κ1) is 13.0. The molecule has 1 aliphatic carbocycles. The van der Waals surface area contributed by atoms with Crippen molar-refractivity contribution >= 4 is 11.8 Å². The molecule has 1 unspecified atom stereocenters. The van der Waals surface area contributed by atoms with Crippen LogP contribution in [0.3, 0.4) is 0 Å². The van der Waals surface area contributed by atoms with Crippen molar-refractivity contribution in [3.8, 4) is 5.75 Å². The van der Waals surface area contributed by atoms with Crippen LogP contribution in [0.2, 0.25) is 0 Å². The highest BCUT2D eigenvalue weighted by Gasteiger charge is 2.38. The number of aromatic hydroxyl groups is 1. The monoisotopic (exact) mass is 260 g/mol. The predicted octanol–water partition coefficient (Wildman–Crippen LogP) is 1.28. The Morgan fingerprint density at radius 2 is 1.89 bits per heavy atom. The van der Waals surface area contributed by atoms with Crippen LogP contribution >= 0.6 is 0 Å². The van der Waals surface area contributed by atoms with E-state index in [0.717, 1.165) is 0 Å². The molecular weight excluding hydrogens is 248 g/mol. The van der Waals surface area contributed by atoms with Crippen molar-refractivity contribution in [2.24, 2.45) is 0 Å². The van der Waals surface area contributed by atoms with E-state index in [-0.39, 0.29) is 23.3 Å². The molecule has 19 heavy (non-hydrogen) atoms. The molecule has 0 amide bonds. The van der Waals surface area contributed by atoms with Gasteiger partial charge in [-0.05, 0) is 18.2 Å². The van der Waals surface area contributed by atoms with Gasteiger partial charge in [0.05, 0.1) is 5.56 Å².